The third-order valence-electron chi connectivity index (χ3n) is 3.20. The highest BCUT2D eigenvalue weighted by Crippen LogP contribution is 2.46. The zero-order valence-corrected chi connectivity index (χ0v) is 10.7. The minimum absolute atomic E-state index is 0.156. The van der Waals surface area contributed by atoms with Crippen molar-refractivity contribution >= 4 is 21.8 Å². The quantitative estimate of drug-likeness (QED) is 0.734. The molecule has 1 spiro atoms. The molecule has 2 aliphatic rings. The van der Waals surface area contributed by atoms with Gasteiger partial charge >= 0.3 is 0 Å². The van der Waals surface area contributed by atoms with Crippen LogP contribution >= 0.6 is 11.8 Å². The Balaban J connectivity index is 1.93. The Morgan fingerprint density at radius 2 is 2.20 bits per heavy atom. The van der Waals surface area contributed by atoms with Gasteiger partial charge in [-0.15, -0.1) is 11.8 Å². The van der Waals surface area contributed by atoms with Gasteiger partial charge in [0, 0.05) is 30.7 Å². The van der Waals surface area contributed by atoms with Crippen LogP contribution in [0.25, 0.3) is 0 Å². The predicted octanol–water partition coefficient (Wildman–Crippen LogP) is 0.542. The molecular formula is C9H17NO3S2. The van der Waals surface area contributed by atoms with Crippen LogP contribution in [0, 0.1) is 0 Å². The zero-order chi connectivity index (χ0) is 11.1. The standard InChI is InChI=1S/C9H17NO3S2/c1-3-15(11,12)10-6-9(7-10)4-8(13-2)5-14-9/h8H,3-7H2,1-2H3/t8-/m1/s1. The van der Waals surface area contributed by atoms with Crippen LogP contribution in [0.15, 0.2) is 0 Å². The fourth-order valence-electron chi connectivity index (χ4n) is 2.15. The average molecular weight is 251 g/mol. The molecule has 0 amide bonds. The third-order valence-corrected chi connectivity index (χ3v) is 6.55. The Labute approximate surface area is 95.4 Å². The Kier molecular flexibility index (Phi) is 3.05. The number of methoxy groups -OCH3 is 1. The van der Waals surface area contributed by atoms with Crippen LogP contribution in [0.5, 0.6) is 0 Å². The summed E-state index contributed by atoms with van der Waals surface area (Å²) >= 11 is 1.86. The monoisotopic (exact) mass is 251 g/mol. The number of sulfonamides is 1. The van der Waals surface area contributed by atoms with Gasteiger partial charge in [0.05, 0.1) is 11.9 Å². The van der Waals surface area contributed by atoms with E-state index in [-0.39, 0.29) is 10.5 Å². The van der Waals surface area contributed by atoms with E-state index in [0.29, 0.717) is 19.2 Å². The molecule has 2 fully saturated rings. The van der Waals surface area contributed by atoms with Crippen molar-refractivity contribution in [3.8, 4) is 0 Å². The van der Waals surface area contributed by atoms with E-state index >= 15 is 0 Å². The van der Waals surface area contributed by atoms with Crippen LogP contribution in [-0.4, -0.2) is 55.3 Å². The molecule has 0 aliphatic carbocycles. The maximum atomic E-state index is 11.6. The molecule has 0 saturated carbocycles. The normalized spacial score (nSPS) is 30.7. The van der Waals surface area contributed by atoms with Crippen molar-refractivity contribution in [3.63, 3.8) is 0 Å². The van der Waals surface area contributed by atoms with E-state index in [9.17, 15) is 8.42 Å². The number of thioether (sulfide) groups is 1. The van der Waals surface area contributed by atoms with Gasteiger partial charge in [-0.3, -0.25) is 0 Å². The molecule has 4 nitrogen and oxygen atoms in total. The smallest absolute Gasteiger partial charge is 0.213 e. The van der Waals surface area contributed by atoms with Gasteiger partial charge in [0.2, 0.25) is 10.0 Å². The second-order valence-corrected chi connectivity index (χ2v) is 7.97. The lowest BCUT2D eigenvalue weighted by atomic mass is 9.96. The SMILES string of the molecule is CCS(=O)(=O)N1CC2(C[C@@H](OC)CS2)C1. The molecule has 1 atom stereocenters. The second kappa shape index (κ2) is 3.91. The Morgan fingerprint density at radius 3 is 2.67 bits per heavy atom. The van der Waals surface area contributed by atoms with Crippen LogP contribution in [0.2, 0.25) is 0 Å². The molecule has 0 bridgehead atoms. The van der Waals surface area contributed by atoms with E-state index in [2.05, 4.69) is 0 Å². The van der Waals surface area contributed by atoms with Crippen molar-refractivity contribution in [1.29, 1.82) is 0 Å². The topological polar surface area (TPSA) is 46.6 Å². The first-order valence-corrected chi connectivity index (χ1v) is 7.75. The molecule has 0 aromatic heterocycles. The first-order valence-electron chi connectivity index (χ1n) is 5.16. The maximum absolute atomic E-state index is 11.6. The summed E-state index contributed by atoms with van der Waals surface area (Å²) in [4.78, 5) is 0. The highest BCUT2D eigenvalue weighted by Gasteiger charge is 2.52. The lowest BCUT2D eigenvalue weighted by Gasteiger charge is -2.46. The van der Waals surface area contributed by atoms with Gasteiger partial charge in [0.25, 0.3) is 0 Å². The van der Waals surface area contributed by atoms with Gasteiger partial charge in [0.1, 0.15) is 0 Å². The summed E-state index contributed by atoms with van der Waals surface area (Å²) in [5.41, 5.74) is 0. The van der Waals surface area contributed by atoms with E-state index in [1.54, 1.807) is 18.3 Å². The number of ether oxygens (including phenoxy) is 1. The van der Waals surface area contributed by atoms with Crippen molar-refractivity contribution < 1.29 is 13.2 Å². The van der Waals surface area contributed by atoms with E-state index in [1.165, 1.54) is 0 Å². The van der Waals surface area contributed by atoms with Crippen LogP contribution < -0.4 is 0 Å². The summed E-state index contributed by atoms with van der Waals surface area (Å²) in [6.45, 7) is 3.04. The molecule has 15 heavy (non-hydrogen) atoms. The summed E-state index contributed by atoms with van der Waals surface area (Å²) in [5, 5.41) is 0. The van der Waals surface area contributed by atoms with Gasteiger partial charge in [-0.05, 0) is 13.3 Å². The first kappa shape index (κ1) is 11.7. The zero-order valence-electron chi connectivity index (χ0n) is 9.10. The van der Waals surface area contributed by atoms with E-state index in [4.69, 9.17) is 4.74 Å². The van der Waals surface area contributed by atoms with Crippen LogP contribution in [0.1, 0.15) is 13.3 Å². The molecule has 0 unspecified atom stereocenters. The maximum Gasteiger partial charge on any atom is 0.213 e. The van der Waals surface area contributed by atoms with Crippen LogP contribution in [-0.2, 0) is 14.8 Å². The van der Waals surface area contributed by atoms with Crippen molar-refractivity contribution in [2.45, 2.75) is 24.2 Å². The fraction of sp³-hybridized carbons (Fsp3) is 1.00. The average Bonchev–Trinajstić information content (AvgIpc) is 2.59. The number of rotatable bonds is 3. The van der Waals surface area contributed by atoms with Gasteiger partial charge in [-0.1, -0.05) is 0 Å². The third kappa shape index (κ3) is 2.05. The van der Waals surface area contributed by atoms with Gasteiger partial charge in [0.15, 0.2) is 0 Å². The predicted molar refractivity (Wildman–Crippen MR) is 61.6 cm³/mol. The molecule has 2 rings (SSSR count). The molecule has 6 heteroatoms. The molecule has 0 N–H and O–H groups in total. The molecule has 88 valence electrons. The molecule has 2 heterocycles. The highest BCUT2D eigenvalue weighted by molar-refractivity contribution is 8.01. The Hall–Kier alpha value is 0.220. The van der Waals surface area contributed by atoms with Crippen molar-refractivity contribution in [2.24, 2.45) is 0 Å². The lowest BCUT2D eigenvalue weighted by molar-refractivity contribution is 0.0932. The minimum Gasteiger partial charge on any atom is -0.381 e. The van der Waals surface area contributed by atoms with Gasteiger partial charge < -0.3 is 4.74 Å². The summed E-state index contributed by atoms with van der Waals surface area (Å²) in [6, 6.07) is 0. The van der Waals surface area contributed by atoms with Crippen LogP contribution in [0.4, 0.5) is 0 Å². The molecule has 0 radical (unpaired) electrons. The van der Waals surface area contributed by atoms with Crippen molar-refractivity contribution in [2.75, 3.05) is 31.7 Å². The van der Waals surface area contributed by atoms with E-state index in [1.807, 2.05) is 11.8 Å². The van der Waals surface area contributed by atoms with Gasteiger partial charge in [-0.25, -0.2) is 8.42 Å². The molecule has 0 aromatic rings. The summed E-state index contributed by atoms with van der Waals surface area (Å²) in [5.74, 6) is 1.21. The summed E-state index contributed by atoms with van der Waals surface area (Å²) in [6.07, 6.45) is 1.30. The lowest BCUT2D eigenvalue weighted by Crippen LogP contribution is -2.60. The molecule has 0 aromatic carbocycles. The fourth-order valence-corrected chi connectivity index (χ4v) is 5.16. The van der Waals surface area contributed by atoms with E-state index < -0.39 is 10.0 Å². The highest BCUT2D eigenvalue weighted by atomic mass is 32.2. The number of hydrogen-bond acceptors (Lipinski definition) is 4. The van der Waals surface area contributed by atoms with Crippen LogP contribution in [0.3, 0.4) is 0 Å². The largest absolute Gasteiger partial charge is 0.381 e. The minimum atomic E-state index is -2.97. The number of hydrogen-bond donors (Lipinski definition) is 0. The second-order valence-electron chi connectivity index (χ2n) is 4.22. The Morgan fingerprint density at radius 1 is 1.53 bits per heavy atom. The molecule has 2 aliphatic heterocycles. The molecule has 2 saturated heterocycles. The van der Waals surface area contributed by atoms with Crippen molar-refractivity contribution in [3.05, 3.63) is 0 Å². The van der Waals surface area contributed by atoms with E-state index in [0.717, 1.165) is 12.2 Å². The van der Waals surface area contributed by atoms with Crippen molar-refractivity contribution in [1.82, 2.24) is 4.31 Å². The van der Waals surface area contributed by atoms with Gasteiger partial charge in [-0.2, -0.15) is 4.31 Å². The first-order chi connectivity index (χ1) is 7.01. The number of nitrogens with zero attached hydrogens (tertiary/aromatic N) is 1. The molecular weight excluding hydrogens is 234 g/mol. The summed E-state index contributed by atoms with van der Waals surface area (Å²) < 4.78 is 30.2. The summed E-state index contributed by atoms with van der Waals surface area (Å²) in [7, 11) is -1.24. The Bertz CT molecular complexity index is 335.